The van der Waals surface area contributed by atoms with Crippen LogP contribution < -0.4 is 15.1 Å². The van der Waals surface area contributed by atoms with Crippen molar-refractivity contribution in [3.63, 3.8) is 0 Å². The van der Waals surface area contributed by atoms with E-state index in [-0.39, 0.29) is 10.3 Å². The Kier molecular flexibility index (Phi) is 6.82. The fraction of sp³-hybridized carbons (Fsp3) is 0.207. The van der Waals surface area contributed by atoms with Crippen LogP contribution in [-0.2, 0) is 21.3 Å². The lowest BCUT2D eigenvalue weighted by Gasteiger charge is -2.28. The van der Waals surface area contributed by atoms with E-state index in [1.165, 1.54) is 0 Å². The van der Waals surface area contributed by atoms with E-state index in [9.17, 15) is 13.2 Å². The number of anilines is 2. The monoisotopic (exact) mass is 556 g/mol. The minimum absolute atomic E-state index is 0.0608. The molecule has 3 aromatic carbocycles. The zero-order valence-corrected chi connectivity index (χ0v) is 22.7. The molecule has 0 amide bonds. The summed E-state index contributed by atoms with van der Waals surface area (Å²) in [6, 6.07) is 21.1. The van der Waals surface area contributed by atoms with Crippen LogP contribution in [0.3, 0.4) is 0 Å². The lowest BCUT2D eigenvalue weighted by atomic mass is 10.1. The third kappa shape index (κ3) is 5.33. The first-order valence-electron chi connectivity index (χ1n) is 12.9. The molecule has 1 aliphatic heterocycles. The second kappa shape index (κ2) is 10.6. The number of ether oxygens (including phenoxy) is 1. The molecule has 1 saturated heterocycles. The summed E-state index contributed by atoms with van der Waals surface area (Å²) >= 11 is 0. The highest BCUT2D eigenvalue weighted by molar-refractivity contribution is 7.92. The van der Waals surface area contributed by atoms with Crippen molar-refractivity contribution in [2.24, 2.45) is 0 Å². The number of aryl methyl sites for hydroxylation is 1. The van der Waals surface area contributed by atoms with E-state index in [1.54, 1.807) is 59.3 Å². The molecule has 0 bridgehead atoms. The van der Waals surface area contributed by atoms with Crippen molar-refractivity contribution in [1.29, 1.82) is 0 Å². The molecular weight excluding hydrogens is 528 g/mol. The topological polar surface area (TPSA) is 122 Å². The van der Waals surface area contributed by atoms with Gasteiger partial charge in [-0.15, -0.1) is 5.10 Å². The van der Waals surface area contributed by atoms with Gasteiger partial charge in [-0.2, -0.15) is 0 Å². The lowest BCUT2D eigenvalue weighted by molar-refractivity contribution is 0.122. The summed E-state index contributed by atoms with van der Waals surface area (Å²) in [7, 11) is -3.71. The maximum Gasteiger partial charge on any atom is 0.261 e. The summed E-state index contributed by atoms with van der Waals surface area (Å²) in [5, 5.41) is 9.26. The third-order valence-corrected chi connectivity index (χ3v) is 8.27. The van der Waals surface area contributed by atoms with Gasteiger partial charge in [0.25, 0.3) is 10.0 Å². The highest BCUT2D eigenvalue weighted by atomic mass is 32.2. The molecule has 10 nitrogen and oxygen atoms in total. The van der Waals surface area contributed by atoms with E-state index in [1.807, 2.05) is 31.3 Å². The van der Waals surface area contributed by atoms with Crippen molar-refractivity contribution in [2.45, 2.75) is 18.4 Å². The Hall–Kier alpha value is -4.48. The second-order valence-corrected chi connectivity index (χ2v) is 11.4. The third-order valence-electron chi connectivity index (χ3n) is 6.87. The first kappa shape index (κ1) is 25.8. The zero-order chi connectivity index (χ0) is 27.7. The number of fused-ring (bicyclic) bond motifs is 1. The van der Waals surface area contributed by atoms with Gasteiger partial charge >= 0.3 is 0 Å². The van der Waals surface area contributed by atoms with E-state index >= 15 is 0 Å². The molecule has 1 aliphatic rings. The first-order chi connectivity index (χ1) is 19.4. The number of H-pyrrole nitrogens is 1. The molecule has 204 valence electrons. The number of pyridine rings is 1. The number of para-hydroxylation sites is 1. The molecule has 6 rings (SSSR count). The van der Waals surface area contributed by atoms with Crippen LogP contribution in [0.2, 0.25) is 0 Å². The predicted octanol–water partition coefficient (Wildman–Crippen LogP) is 3.78. The van der Waals surface area contributed by atoms with Crippen LogP contribution in [-0.4, -0.2) is 54.7 Å². The number of benzene rings is 3. The number of hydrogen-bond acceptors (Lipinski definition) is 7. The van der Waals surface area contributed by atoms with Crippen molar-refractivity contribution < 1.29 is 13.2 Å². The second-order valence-electron chi connectivity index (χ2n) is 9.77. The van der Waals surface area contributed by atoms with Gasteiger partial charge in [-0.1, -0.05) is 47.2 Å². The van der Waals surface area contributed by atoms with Gasteiger partial charge in [0, 0.05) is 35.8 Å². The fourth-order valence-corrected chi connectivity index (χ4v) is 5.85. The van der Waals surface area contributed by atoms with E-state index < -0.39 is 10.0 Å². The number of rotatable bonds is 7. The molecule has 0 saturated carbocycles. The number of nitrogens with zero attached hydrogens (tertiary/aromatic N) is 4. The maximum atomic E-state index is 12.9. The maximum absolute atomic E-state index is 12.9. The number of nitrogens with one attached hydrogen (secondary N) is 2. The number of morpholine rings is 1. The standard InChI is InChI=1S/C29H28N6O4S/c1-20-8-10-23(11-9-20)40(37,38)32-22-5-2-4-21(16-22)18-35-19-26(31-33-35)24-6-3-7-25-27(36)17-28(30-29(24)25)34-12-14-39-15-13-34/h2-11,16-17,19,32H,12-15,18H2,1H3,(H,30,36). The molecule has 2 N–H and O–H groups in total. The van der Waals surface area contributed by atoms with Gasteiger partial charge in [0.05, 0.1) is 36.4 Å². The van der Waals surface area contributed by atoms with Gasteiger partial charge in [0.2, 0.25) is 0 Å². The molecule has 2 aromatic heterocycles. The Morgan fingerprint density at radius 1 is 1.00 bits per heavy atom. The van der Waals surface area contributed by atoms with E-state index in [0.29, 0.717) is 55.1 Å². The van der Waals surface area contributed by atoms with Gasteiger partial charge in [-0.3, -0.25) is 9.52 Å². The number of aromatic nitrogens is 4. The van der Waals surface area contributed by atoms with Crippen LogP contribution in [0.1, 0.15) is 11.1 Å². The molecule has 0 unspecified atom stereocenters. The molecule has 0 atom stereocenters. The Morgan fingerprint density at radius 3 is 2.58 bits per heavy atom. The van der Waals surface area contributed by atoms with Crippen molar-refractivity contribution >= 4 is 32.4 Å². The summed E-state index contributed by atoms with van der Waals surface area (Å²) in [4.78, 5) is 18.7. The minimum Gasteiger partial charge on any atom is -0.378 e. The Bertz CT molecular complexity index is 1840. The SMILES string of the molecule is Cc1ccc(S(=O)(=O)Nc2cccc(Cn3cc(-c4cccc5c(=O)cc(N6CCOCC6)[nH]c45)nn3)c2)cc1. The number of sulfonamides is 1. The summed E-state index contributed by atoms with van der Waals surface area (Å²) in [5.41, 5.74) is 4.33. The van der Waals surface area contributed by atoms with Gasteiger partial charge in [-0.25, -0.2) is 13.1 Å². The molecule has 3 heterocycles. The minimum atomic E-state index is -3.71. The molecule has 0 radical (unpaired) electrons. The van der Waals surface area contributed by atoms with Crippen LogP contribution in [0, 0.1) is 6.92 Å². The summed E-state index contributed by atoms with van der Waals surface area (Å²) in [6.07, 6.45) is 1.82. The largest absolute Gasteiger partial charge is 0.378 e. The molecular formula is C29H28N6O4S. The van der Waals surface area contributed by atoms with Crippen molar-refractivity contribution in [2.75, 3.05) is 35.9 Å². The number of aromatic amines is 1. The summed E-state index contributed by atoms with van der Waals surface area (Å²) in [6.45, 7) is 4.94. The van der Waals surface area contributed by atoms with Gasteiger partial charge < -0.3 is 14.6 Å². The Labute approximate surface area is 231 Å². The molecule has 5 aromatic rings. The molecule has 0 aliphatic carbocycles. The highest BCUT2D eigenvalue weighted by Gasteiger charge is 2.17. The van der Waals surface area contributed by atoms with Crippen molar-refractivity contribution in [1.82, 2.24) is 20.0 Å². The van der Waals surface area contributed by atoms with Crippen LogP contribution in [0.5, 0.6) is 0 Å². The fourth-order valence-electron chi connectivity index (χ4n) is 4.80. The van der Waals surface area contributed by atoms with E-state index in [2.05, 4.69) is 24.9 Å². The van der Waals surface area contributed by atoms with Crippen molar-refractivity contribution in [3.05, 3.63) is 100 Å². The smallest absolute Gasteiger partial charge is 0.261 e. The zero-order valence-electron chi connectivity index (χ0n) is 21.9. The van der Waals surface area contributed by atoms with Crippen molar-refractivity contribution in [3.8, 4) is 11.3 Å². The Morgan fingerprint density at radius 2 is 1.77 bits per heavy atom. The highest BCUT2D eigenvalue weighted by Crippen LogP contribution is 2.26. The summed E-state index contributed by atoms with van der Waals surface area (Å²) in [5.74, 6) is 0.755. The molecule has 11 heteroatoms. The first-order valence-corrected chi connectivity index (χ1v) is 14.4. The van der Waals surface area contributed by atoms with Crippen LogP contribution in [0.25, 0.3) is 22.2 Å². The van der Waals surface area contributed by atoms with Gasteiger partial charge in [0.1, 0.15) is 11.5 Å². The number of hydrogen-bond donors (Lipinski definition) is 2. The molecule has 40 heavy (non-hydrogen) atoms. The van der Waals surface area contributed by atoms with Crippen LogP contribution >= 0.6 is 0 Å². The normalized spacial score (nSPS) is 14.0. The average molecular weight is 557 g/mol. The summed E-state index contributed by atoms with van der Waals surface area (Å²) < 4.78 is 35.4. The molecule has 0 spiro atoms. The molecule has 1 fully saturated rings. The van der Waals surface area contributed by atoms with Gasteiger partial charge in [0.15, 0.2) is 5.43 Å². The Balaban J connectivity index is 1.25. The van der Waals surface area contributed by atoms with E-state index in [4.69, 9.17) is 4.74 Å². The van der Waals surface area contributed by atoms with Gasteiger partial charge in [-0.05, 0) is 42.8 Å². The van der Waals surface area contributed by atoms with Crippen LogP contribution in [0.15, 0.2) is 88.7 Å². The predicted molar refractivity (Wildman–Crippen MR) is 154 cm³/mol. The quantitative estimate of drug-likeness (QED) is 0.313. The van der Waals surface area contributed by atoms with Crippen LogP contribution in [0.4, 0.5) is 11.5 Å². The lowest BCUT2D eigenvalue weighted by Crippen LogP contribution is -2.37. The van der Waals surface area contributed by atoms with E-state index in [0.717, 1.165) is 22.5 Å². The average Bonchev–Trinajstić information content (AvgIpc) is 3.41.